The van der Waals surface area contributed by atoms with Gasteiger partial charge in [0.25, 0.3) is 11.1 Å². The fourth-order valence-corrected chi connectivity index (χ4v) is 3.64. The molecule has 27 heavy (non-hydrogen) atoms. The second kappa shape index (κ2) is 7.75. The molecule has 6 nitrogen and oxygen atoms in total. The molecule has 7 heteroatoms. The molecule has 140 valence electrons. The van der Waals surface area contributed by atoms with Crippen molar-refractivity contribution >= 4 is 34.2 Å². The number of hydrogen-bond acceptors (Lipinski definition) is 6. The van der Waals surface area contributed by atoms with E-state index in [9.17, 15) is 9.59 Å². The topological polar surface area (TPSA) is 65.1 Å². The summed E-state index contributed by atoms with van der Waals surface area (Å²) in [4.78, 5) is 27.1. The molecule has 2 amide bonds. The number of rotatable bonds is 5. The number of nitrogens with zero attached hydrogens (tertiary/aromatic N) is 1. The molecule has 0 aromatic heterocycles. The Morgan fingerprint density at radius 3 is 2.11 bits per heavy atom. The minimum atomic E-state index is -0.373. The van der Waals surface area contributed by atoms with Crippen molar-refractivity contribution in [2.45, 2.75) is 6.92 Å². The van der Waals surface area contributed by atoms with E-state index in [-0.39, 0.29) is 11.1 Å². The minimum absolute atomic E-state index is 0.369. The number of anilines is 1. The quantitative estimate of drug-likeness (QED) is 0.713. The fraction of sp³-hybridized carbons (Fsp3) is 0.200. The molecule has 0 saturated carbocycles. The van der Waals surface area contributed by atoms with Gasteiger partial charge in [-0.15, -0.1) is 0 Å². The molecule has 1 saturated heterocycles. The van der Waals surface area contributed by atoms with Crippen molar-refractivity contribution < 1.29 is 23.8 Å². The second-order valence-corrected chi connectivity index (χ2v) is 6.69. The second-order valence-electron chi connectivity index (χ2n) is 5.73. The Bertz CT molecular complexity index is 920. The monoisotopic (exact) mass is 385 g/mol. The smallest absolute Gasteiger partial charge is 0.298 e. The zero-order chi connectivity index (χ0) is 19.6. The van der Waals surface area contributed by atoms with Gasteiger partial charge in [-0.05, 0) is 54.1 Å². The number of carbonyl (C=O) groups is 2. The maximum atomic E-state index is 13.0. The Kier molecular flexibility index (Phi) is 5.41. The lowest BCUT2D eigenvalue weighted by atomic mass is 10.1. The summed E-state index contributed by atoms with van der Waals surface area (Å²) < 4.78 is 15.7. The van der Waals surface area contributed by atoms with Crippen molar-refractivity contribution in [3.63, 3.8) is 0 Å². The highest BCUT2D eigenvalue weighted by atomic mass is 32.2. The number of thioether (sulfide) groups is 1. The molecule has 0 aliphatic carbocycles. The average Bonchev–Trinajstić information content (AvgIpc) is 3.00. The largest absolute Gasteiger partial charge is 0.497 e. The number of hydrogen-bond donors (Lipinski definition) is 0. The molecule has 1 heterocycles. The molecule has 0 atom stereocenters. The zero-order valence-electron chi connectivity index (χ0n) is 15.4. The van der Waals surface area contributed by atoms with Gasteiger partial charge in [-0.1, -0.05) is 12.1 Å². The Morgan fingerprint density at radius 2 is 1.52 bits per heavy atom. The number of carbonyl (C=O) groups excluding carboxylic acids is 2. The predicted molar refractivity (Wildman–Crippen MR) is 106 cm³/mol. The van der Waals surface area contributed by atoms with Crippen LogP contribution in [0.15, 0.2) is 47.4 Å². The Hall–Kier alpha value is -2.93. The number of amides is 2. The molecule has 1 aliphatic rings. The Labute approximate surface area is 161 Å². The molecule has 0 bridgehead atoms. The van der Waals surface area contributed by atoms with Crippen LogP contribution in [0.5, 0.6) is 17.2 Å². The van der Waals surface area contributed by atoms with Crippen LogP contribution in [0.25, 0.3) is 5.57 Å². The molecule has 3 rings (SSSR count). The number of imide groups is 1. The molecular formula is C20H19NO5S. The third-order valence-electron chi connectivity index (χ3n) is 4.26. The van der Waals surface area contributed by atoms with Crippen LogP contribution in [-0.2, 0) is 4.79 Å². The molecule has 0 N–H and O–H groups in total. The first-order chi connectivity index (χ1) is 13.0. The van der Waals surface area contributed by atoms with Crippen LogP contribution in [-0.4, -0.2) is 32.5 Å². The van der Waals surface area contributed by atoms with E-state index in [2.05, 4.69) is 0 Å². The van der Waals surface area contributed by atoms with Crippen molar-refractivity contribution in [2.24, 2.45) is 0 Å². The van der Waals surface area contributed by atoms with Crippen molar-refractivity contribution in [3.05, 3.63) is 52.9 Å². The van der Waals surface area contributed by atoms with Gasteiger partial charge in [-0.2, -0.15) is 0 Å². The van der Waals surface area contributed by atoms with Gasteiger partial charge in [0.15, 0.2) is 0 Å². The van der Waals surface area contributed by atoms with E-state index < -0.39 is 0 Å². The highest BCUT2D eigenvalue weighted by Crippen LogP contribution is 2.42. The average molecular weight is 385 g/mol. The molecule has 0 spiro atoms. The van der Waals surface area contributed by atoms with Crippen LogP contribution < -0.4 is 19.1 Å². The Morgan fingerprint density at radius 1 is 0.889 bits per heavy atom. The van der Waals surface area contributed by atoms with Crippen LogP contribution in [0.3, 0.4) is 0 Å². The number of allylic oxidation sites excluding steroid dienone is 1. The maximum absolute atomic E-state index is 13.0. The lowest BCUT2D eigenvalue weighted by molar-refractivity contribution is -0.113. The third-order valence-corrected chi connectivity index (χ3v) is 5.30. The highest BCUT2D eigenvalue weighted by molar-refractivity contribution is 8.19. The van der Waals surface area contributed by atoms with Gasteiger partial charge in [0.1, 0.15) is 17.2 Å². The summed E-state index contributed by atoms with van der Waals surface area (Å²) >= 11 is 0.918. The van der Waals surface area contributed by atoms with E-state index in [1.54, 1.807) is 25.3 Å². The van der Waals surface area contributed by atoms with Crippen LogP contribution in [0, 0.1) is 0 Å². The molecule has 1 fully saturated rings. The van der Waals surface area contributed by atoms with Gasteiger partial charge in [0.2, 0.25) is 0 Å². The number of methoxy groups -OCH3 is 3. The van der Waals surface area contributed by atoms with Gasteiger partial charge in [0.05, 0.1) is 31.9 Å². The van der Waals surface area contributed by atoms with Crippen LogP contribution in [0.4, 0.5) is 10.5 Å². The van der Waals surface area contributed by atoms with Gasteiger partial charge in [-0.25, -0.2) is 4.90 Å². The predicted octanol–water partition coefficient (Wildman–Crippen LogP) is 4.34. The van der Waals surface area contributed by atoms with E-state index >= 15 is 0 Å². The van der Waals surface area contributed by atoms with E-state index in [1.807, 2.05) is 31.2 Å². The molecule has 1 aliphatic heterocycles. The molecule has 2 aromatic carbocycles. The fourth-order valence-electron chi connectivity index (χ4n) is 2.75. The number of ether oxygens (including phenoxy) is 3. The van der Waals surface area contributed by atoms with Gasteiger partial charge in [0, 0.05) is 6.07 Å². The normalized spacial score (nSPS) is 15.8. The minimum Gasteiger partial charge on any atom is -0.497 e. The van der Waals surface area contributed by atoms with Gasteiger partial charge < -0.3 is 14.2 Å². The van der Waals surface area contributed by atoms with E-state index in [0.717, 1.165) is 33.5 Å². The summed E-state index contributed by atoms with van der Waals surface area (Å²) in [6, 6.07) is 12.3. The van der Waals surface area contributed by atoms with Crippen molar-refractivity contribution in [1.82, 2.24) is 0 Å². The number of benzene rings is 2. The molecular weight excluding hydrogens is 366 g/mol. The first-order valence-corrected chi connectivity index (χ1v) is 8.95. The third kappa shape index (κ3) is 3.50. The van der Waals surface area contributed by atoms with Gasteiger partial charge in [-0.3, -0.25) is 9.59 Å². The Balaban J connectivity index is 1.99. The molecule has 0 radical (unpaired) electrons. The van der Waals surface area contributed by atoms with E-state index in [1.165, 1.54) is 14.2 Å². The first-order valence-electron chi connectivity index (χ1n) is 8.13. The molecule has 0 unspecified atom stereocenters. The summed E-state index contributed by atoms with van der Waals surface area (Å²) in [5.74, 6) is 1.32. The van der Waals surface area contributed by atoms with Crippen molar-refractivity contribution in [1.29, 1.82) is 0 Å². The lowest BCUT2D eigenvalue weighted by Gasteiger charge is -2.17. The lowest BCUT2D eigenvalue weighted by Crippen LogP contribution is -2.28. The first kappa shape index (κ1) is 18.8. The van der Waals surface area contributed by atoms with Gasteiger partial charge >= 0.3 is 0 Å². The van der Waals surface area contributed by atoms with Crippen molar-refractivity contribution in [3.8, 4) is 17.2 Å². The summed E-state index contributed by atoms with van der Waals surface area (Å²) in [5.41, 5.74) is 1.97. The zero-order valence-corrected chi connectivity index (χ0v) is 16.3. The molecule has 2 aromatic rings. The van der Waals surface area contributed by atoms with Crippen LogP contribution >= 0.6 is 11.8 Å². The standard InChI is InChI=1S/C20H19NO5S/c1-12(13-5-7-14(24-2)8-6-13)18-19(22)21(20(23)27-18)16-10-9-15(25-3)11-17(16)26-4/h5-11H,1-4H3/b18-12-. The van der Waals surface area contributed by atoms with E-state index in [0.29, 0.717) is 22.1 Å². The SMILES string of the molecule is COc1ccc(/C(C)=C2\SC(=O)N(c3ccc(OC)cc3OC)C2=O)cc1. The summed E-state index contributed by atoms with van der Waals surface area (Å²) in [7, 11) is 4.61. The van der Waals surface area contributed by atoms with Crippen molar-refractivity contribution in [2.75, 3.05) is 26.2 Å². The van der Waals surface area contributed by atoms with Crippen LogP contribution in [0.1, 0.15) is 12.5 Å². The summed E-state index contributed by atoms with van der Waals surface area (Å²) in [6.07, 6.45) is 0. The summed E-state index contributed by atoms with van der Waals surface area (Å²) in [5, 5.41) is -0.369. The highest BCUT2D eigenvalue weighted by Gasteiger charge is 2.39. The van der Waals surface area contributed by atoms with Crippen LogP contribution in [0.2, 0.25) is 0 Å². The maximum Gasteiger partial charge on any atom is 0.298 e. The summed E-state index contributed by atoms with van der Waals surface area (Å²) in [6.45, 7) is 1.82. The van der Waals surface area contributed by atoms with E-state index in [4.69, 9.17) is 14.2 Å².